The minimum atomic E-state index is -0.401. The van der Waals surface area contributed by atoms with Crippen molar-refractivity contribution < 1.29 is 14.3 Å². The van der Waals surface area contributed by atoms with Crippen LogP contribution in [0.25, 0.3) is 5.65 Å². The van der Waals surface area contributed by atoms with Crippen LogP contribution in [0, 0.1) is 0 Å². The van der Waals surface area contributed by atoms with E-state index in [1.54, 1.807) is 22.8 Å². The first-order valence-electron chi connectivity index (χ1n) is 6.32. The maximum atomic E-state index is 11.7. The first-order chi connectivity index (χ1) is 9.28. The second-order valence-corrected chi connectivity index (χ2v) is 4.55. The van der Waals surface area contributed by atoms with Crippen LogP contribution in [0.4, 0.5) is 0 Å². The summed E-state index contributed by atoms with van der Waals surface area (Å²) in [4.78, 5) is 16.1. The van der Waals surface area contributed by atoms with Crippen molar-refractivity contribution in [3.8, 4) is 0 Å². The first-order valence-corrected chi connectivity index (χ1v) is 6.32. The van der Waals surface area contributed by atoms with E-state index in [2.05, 4.69) is 10.1 Å². The highest BCUT2D eigenvalue weighted by Gasteiger charge is 2.20. The summed E-state index contributed by atoms with van der Waals surface area (Å²) in [6, 6.07) is 3.44. The van der Waals surface area contributed by atoms with Gasteiger partial charge in [-0.1, -0.05) is 0 Å². The van der Waals surface area contributed by atoms with Crippen molar-refractivity contribution >= 4 is 11.6 Å². The van der Waals surface area contributed by atoms with Gasteiger partial charge in [0.25, 0.3) is 0 Å². The molecule has 1 saturated heterocycles. The number of fused-ring (bicyclic) bond motifs is 1. The summed E-state index contributed by atoms with van der Waals surface area (Å²) in [7, 11) is 1.36. The predicted octanol–water partition coefficient (Wildman–Crippen LogP) is 1.24. The molecule has 0 aromatic carbocycles. The largest absolute Gasteiger partial charge is 0.465 e. The lowest BCUT2D eigenvalue weighted by atomic mass is 10.2. The van der Waals surface area contributed by atoms with Gasteiger partial charge in [0.1, 0.15) is 5.56 Å². The third-order valence-corrected chi connectivity index (χ3v) is 3.25. The topological polar surface area (TPSA) is 65.7 Å². The van der Waals surface area contributed by atoms with E-state index >= 15 is 0 Å². The lowest BCUT2D eigenvalue weighted by Gasteiger charge is -2.04. The summed E-state index contributed by atoms with van der Waals surface area (Å²) in [6.07, 6.45) is 4.78. The molecule has 0 bridgehead atoms. The van der Waals surface area contributed by atoms with Crippen LogP contribution < -0.4 is 0 Å². The molecular weight excluding hydrogens is 246 g/mol. The van der Waals surface area contributed by atoms with Gasteiger partial charge in [-0.3, -0.25) is 0 Å². The molecule has 3 rings (SSSR count). The third-order valence-electron chi connectivity index (χ3n) is 3.25. The number of carbonyl (C=O) groups excluding carboxylic acids is 1. The number of esters is 1. The van der Waals surface area contributed by atoms with Crippen molar-refractivity contribution in [2.75, 3.05) is 13.7 Å². The summed E-state index contributed by atoms with van der Waals surface area (Å²) >= 11 is 0. The maximum Gasteiger partial charge on any atom is 0.341 e. The average Bonchev–Trinajstić information content (AvgIpc) is 3.06. The van der Waals surface area contributed by atoms with E-state index in [1.807, 2.05) is 0 Å². The van der Waals surface area contributed by atoms with E-state index < -0.39 is 5.97 Å². The minimum absolute atomic E-state index is 0.194. The molecule has 6 heteroatoms. The average molecular weight is 261 g/mol. The van der Waals surface area contributed by atoms with E-state index in [-0.39, 0.29) is 6.10 Å². The highest BCUT2D eigenvalue weighted by atomic mass is 16.5. The summed E-state index contributed by atoms with van der Waals surface area (Å²) < 4.78 is 11.9. The number of hydrogen-bond acceptors (Lipinski definition) is 5. The van der Waals surface area contributed by atoms with Crippen LogP contribution in [-0.4, -0.2) is 40.4 Å². The monoisotopic (exact) mass is 261 g/mol. The van der Waals surface area contributed by atoms with Crippen LogP contribution in [0.3, 0.4) is 0 Å². The van der Waals surface area contributed by atoms with Gasteiger partial charge in [0.15, 0.2) is 11.5 Å². The van der Waals surface area contributed by atoms with E-state index in [9.17, 15) is 4.79 Å². The summed E-state index contributed by atoms with van der Waals surface area (Å²) in [6.45, 7) is 0.811. The van der Waals surface area contributed by atoms with Crippen molar-refractivity contribution in [3.05, 3.63) is 29.7 Å². The van der Waals surface area contributed by atoms with Gasteiger partial charge < -0.3 is 9.47 Å². The second-order valence-electron chi connectivity index (χ2n) is 4.55. The number of methoxy groups -OCH3 is 1. The fourth-order valence-corrected chi connectivity index (χ4v) is 2.32. The van der Waals surface area contributed by atoms with E-state index in [0.29, 0.717) is 23.5 Å². The Bertz CT molecular complexity index is 602. The zero-order valence-electron chi connectivity index (χ0n) is 10.7. The van der Waals surface area contributed by atoms with Crippen molar-refractivity contribution in [1.82, 2.24) is 14.6 Å². The smallest absolute Gasteiger partial charge is 0.341 e. The summed E-state index contributed by atoms with van der Waals surface area (Å²) in [5.74, 6) is 0.296. The lowest BCUT2D eigenvalue weighted by Crippen LogP contribution is -2.10. The molecular formula is C13H15N3O3. The van der Waals surface area contributed by atoms with Gasteiger partial charge in [-0.15, -0.1) is 0 Å². The Morgan fingerprint density at radius 1 is 1.63 bits per heavy atom. The first kappa shape index (κ1) is 12.1. The zero-order valence-corrected chi connectivity index (χ0v) is 10.7. The molecule has 2 aromatic rings. The number of nitrogens with zero attached hydrogens (tertiary/aromatic N) is 3. The number of rotatable bonds is 3. The van der Waals surface area contributed by atoms with E-state index in [1.165, 1.54) is 7.11 Å². The molecule has 3 heterocycles. The highest BCUT2D eigenvalue weighted by Crippen LogP contribution is 2.17. The zero-order chi connectivity index (χ0) is 13.2. The molecule has 1 atom stereocenters. The predicted molar refractivity (Wildman–Crippen MR) is 67.0 cm³/mol. The third kappa shape index (κ3) is 2.31. The standard InChI is InChI=1S/C13H15N3O3/c1-18-13(17)10-5-2-6-16-12(10)14-11(15-16)8-9-4-3-7-19-9/h2,5-6,9H,3-4,7-8H2,1H3. The van der Waals surface area contributed by atoms with Crippen LogP contribution in [0.2, 0.25) is 0 Å². The molecule has 0 radical (unpaired) electrons. The molecule has 0 spiro atoms. The van der Waals surface area contributed by atoms with Crippen LogP contribution >= 0.6 is 0 Å². The molecule has 1 unspecified atom stereocenters. The van der Waals surface area contributed by atoms with Gasteiger partial charge in [0.05, 0.1) is 13.2 Å². The van der Waals surface area contributed by atoms with Crippen LogP contribution in [0.5, 0.6) is 0 Å². The molecule has 1 fully saturated rings. The fourth-order valence-electron chi connectivity index (χ4n) is 2.32. The Labute approximate surface area is 110 Å². The maximum absolute atomic E-state index is 11.7. The Kier molecular flexibility index (Phi) is 3.16. The number of hydrogen-bond donors (Lipinski definition) is 0. The Morgan fingerprint density at radius 2 is 2.53 bits per heavy atom. The SMILES string of the molecule is COC(=O)c1cccn2nc(CC3CCCO3)nc12. The number of carbonyl (C=O) groups is 1. The van der Waals surface area contributed by atoms with Crippen molar-refractivity contribution in [2.24, 2.45) is 0 Å². The molecule has 19 heavy (non-hydrogen) atoms. The summed E-state index contributed by atoms with van der Waals surface area (Å²) in [5.41, 5.74) is 0.957. The Hall–Kier alpha value is -1.95. The van der Waals surface area contributed by atoms with Crippen molar-refractivity contribution in [2.45, 2.75) is 25.4 Å². The molecule has 0 aliphatic carbocycles. The molecule has 0 saturated carbocycles. The molecule has 2 aromatic heterocycles. The van der Waals surface area contributed by atoms with Gasteiger partial charge in [-0.05, 0) is 25.0 Å². The van der Waals surface area contributed by atoms with Crippen molar-refractivity contribution in [1.29, 1.82) is 0 Å². The normalized spacial score (nSPS) is 18.9. The van der Waals surface area contributed by atoms with Crippen LogP contribution in [0.1, 0.15) is 29.0 Å². The second kappa shape index (κ2) is 4.97. The van der Waals surface area contributed by atoms with Crippen LogP contribution in [0.15, 0.2) is 18.3 Å². The van der Waals surface area contributed by atoms with E-state index in [0.717, 1.165) is 19.4 Å². The highest BCUT2D eigenvalue weighted by molar-refractivity contribution is 5.95. The minimum Gasteiger partial charge on any atom is -0.465 e. The number of ether oxygens (including phenoxy) is 2. The van der Waals surface area contributed by atoms with Gasteiger partial charge in [0.2, 0.25) is 0 Å². The molecule has 6 nitrogen and oxygen atoms in total. The van der Waals surface area contributed by atoms with E-state index in [4.69, 9.17) is 9.47 Å². The molecule has 0 N–H and O–H groups in total. The molecule has 100 valence electrons. The number of pyridine rings is 1. The number of aromatic nitrogens is 3. The quantitative estimate of drug-likeness (QED) is 0.778. The van der Waals surface area contributed by atoms with Crippen LogP contribution in [-0.2, 0) is 15.9 Å². The Balaban J connectivity index is 1.93. The van der Waals surface area contributed by atoms with Gasteiger partial charge in [0, 0.05) is 19.2 Å². The molecule has 1 aliphatic rings. The Morgan fingerprint density at radius 3 is 3.26 bits per heavy atom. The molecule has 0 amide bonds. The fraction of sp³-hybridized carbons (Fsp3) is 0.462. The van der Waals surface area contributed by atoms with Gasteiger partial charge in [-0.2, -0.15) is 5.10 Å². The molecule has 1 aliphatic heterocycles. The lowest BCUT2D eigenvalue weighted by molar-refractivity contribution is 0.0602. The summed E-state index contributed by atoms with van der Waals surface area (Å²) in [5, 5.41) is 4.37. The van der Waals surface area contributed by atoms with Gasteiger partial charge in [-0.25, -0.2) is 14.3 Å². The van der Waals surface area contributed by atoms with Crippen molar-refractivity contribution in [3.63, 3.8) is 0 Å². The van der Waals surface area contributed by atoms with Gasteiger partial charge >= 0.3 is 5.97 Å².